The van der Waals surface area contributed by atoms with Crippen LogP contribution in [-0.2, 0) is 0 Å². The topological polar surface area (TPSA) is 9.23 Å². The number of benzene rings is 5. The minimum absolute atomic E-state index is 0.818. The third kappa shape index (κ3) is 3.81. The Kier molecular flexibility index (Phi) is 5.32. The van der Waals surface area contributed by atoms with E-state index in [1.165, 1.54) is 27.1 Å². The zero-order valence-electron chi connectivity index (χ0n) is 17.7. The fourth-order valence-electron chi connectivity index (χ4n) is 3.98. The van der Waals surface area contributed by atoms with Gasteiger partial charge >= 0.3 is 0 Å². The third-order valence-corrected chi connectivity index (χ3v) is 5.54. The van der Waals surface area contributed by atoms with Gasteiger partial charge in [0.15, 0.2) is 0 Å². The molecule has 0 heterocycles. The number of ether oxygens (including phenoxy) is 1. The van der Waals surface area contributed by atoms with E-state index in [0.29, 0.717) is 0 Å². The maximum Gasteiger partial charge on any atom is 0.118 e. The first-order chi connectivity index (χ1) is 15.8. The summed E-state index contributed by atoms with van der Waals surface area (Å²) in [5.41, 5.74) is 4.19. The van der Waals surface area contributed by atoms with E-state index < -0.39 is 0 Å². The van der Waals surface area contributed by atoms with Gasteiger partial charge in [0.05, 0.1) is 7.11 Å². The number of methoxy groups -OCH3 is 1. The van der Waals surface area contributed by atoms with Crippen molar-refractivity contribution >= 4 is 21.5 Å². The Morgan fingerprint density at radius 1 is 0.562 bits per heavy atom. The first-order valence-corrected chi connectivity index (χ1v) is 10.5. The van der Waals surface area contributed by atoms with Gasteiger partial charge in [0, 0.05) is 11.1 Å². The highest BCUT2D eigenvalue weighted by Gasteiger charge is 2.10. The molecule has 0 bridgehead atoms. The summed E-state index contributed by atoms with van der Waals surface area (Å²) in [6, 6.07) is 35.3. The van der Waals surface area contributed by atoms with Crippen LogP contribution in [0, 0.1) is 23.7 Å². The summed E-state index contributed by atoms with van der Waals surface area (Å²) >= 11 is 0. The lowest BCUT2D eigenvalue weighted by Gasteiger charge is -2.12. The number of hydrogen-bond donors (Lipinski definition) is 0. The quantitative estimate of drug-likeness (QED) is 0.224. The summed E-state index contributed by atoms with van der Waals surface area (Å²) in [6.07, 6.45) is 0. The molecule has 0 spiro atoms. The zero-order valence-corrected chi connectivity index (χ0v) is 17.7. The van der Waals surface area contributed by atoms with Crippen molar-refractivity contribution < 1.29 is 4.74 Å². The smallest absolute Gasteiger partial charge is 0.118 e. The fourth-order valence-corrected chi connectivity index (χ4v) is 3.98. The molecule has 5 rings (SSSR count). The molecule has 32 heavy (non-hydrogen) atoms. The van der Waals surface area contributed by atoms with Crippen LogP contribution in [0.4, 0.5) is 0 Å². The molecule has 0 radical (unpaired) electrons. The Morgan fingerprint density at radius 3 is 2.03 bits per heavy atom. The van der Waals surface area contributed by atoms with Crippen molar-refractivity contribution in [3.05, 3.63) is 114 Å². The van der Waals surface area contributed by atoms with Gasteiger partial charge in [-0.2, -0.15) is 0 Å². The van der Waals surface area contributed by atoms with Crippen LogP contribution in [0.25, 0.3) is 32.7 Å². The van der Waals surface area contributed by atoms with E-state index in [2.05, 4.69) is 96.5 Å². The molecule has 0 saturated heterocycles. The molecule has 0 N–H and O–H groups in total. The summed E-state index contributed by atoms with van der Waals surface area (Å²) < 4.78 is 5.19. The van der Waals surface area contributed by atoms with Crippen LogP contribution in [0.1, 0.15) is 11.1 Å². The first kappa shape index (κ1) is 19.5. The first-order valence-electron chi connectivity index (χ1n) is 10.5. The van der Waals surface area contributed by atoms with E-state index in [1.807, 2.05) is 30.3 Å². The average Bonchev–Trinajstić information content (AvgIpc) is 2.87. The molecule has 0 aliphatic heterocycles. The van der Waals surface area contributed by atoms with Crippen LogP contribution in [0.3, 0.4) is 0 Å². The molecule has 0 amide bonds. The van der Waals surface area contributed by atoms with Crippen molar-refractivity contribution in [1.82, 2.24) is 0 Å². The molecule has 150 valence electrons. The zero-order chi connectivity index (χ0) is 21.8. The summed E-state index contributed by atoms with van der Waals surface area (Å²) in [4.78, 5) is 0. The minimum Gasteiger partial charge on any atom is -0.497 e. The average molecular weight is 409 g/mol. The second-order valence-electron chi connectivity index (χ2n) is 7.46. The summed E-state index contributed by atoms with van der Waals surface area (Å²) in [5, 5.41) is 4.97. The van der Waals surface area contributed by atoms with Crippen LogP contribution < -0.4 is 4.74 Å². The van der Waals surface area contributed by atoms with Crippen molar-refractivity contribution in [2.45, 2.75) is 0 Å². The summed E-state index contributed by atoms with van der Waals surface area (Å²) in [5.74, 6) is 13.2. The van der Waals surface area contributed by atoms with Crippen molar-refractivity contribution in [3.8, 4) is 40.6 Å². The Balaban J connectivity index is 1.59. The van der Waals surface area contributed by atoms with Gasteiger partial charge in [-0.05, 0) is 80.9 Å². The molecule has 0 aliphatic rings. The fraction of sp³-hybridized carbons (Fsp3) is 0.0323. The third-order valence-electron chi connectivity index (χ3n) is 5.54. The molecule has 0 aromatic heterocycles. The van der Waals surface area contributed by atoms with Crippen LogP contribution >= 0.6 is 0 Å². The second kappa shape index (κ2) is 8.73. The highest BCUT2D eigenvalue weighted by molar-refractivity contribution is 6.14. The summed E-state index contributed by atoms with van der Waals surface area (Å²) in [6.45, 7) is 0. The Bertz CT molecular complexity index is 1550. The predicted octanol–water partition coefficient (Wildman–Crippen LogP) is 7.07. The van der Waals surface area contributed by atoms with Crippen LogP contribution in [0.2, 0.25) is 0 Å². The van der Waals surface area contributed by atoms with Gasteiger partial charge in [-0.1, -0.05) is 78.6 Å². The number of fused-ring (bicyclic) bond motifs is 3. The van der Waals surface area contributed by atoms with Gasteiger partial charge in [-0.25, -0.2) is 0 Å². The number of hydrogen-bond acceptors (Lipinski definition) is 1. The van der Waals surface area contributed by atoms with Crippen molar-refractivity contribution in [2.24, 2.45) is 0 Å². The molecular formula is C31H20O. The van der Waals surface area contributed by atoms with Gasteiger partial charge in [-0.15, -0.1) is 0 Å². The van der Waals surface area contributed by atoms with Crippen molar-refractivity contribution in [1.29, 1.82) is 0 Å². The van der Waals surface area contributed by atoms with Gasteiger partial charge in [0.1, 0.15) is 5.75 Å². The van der Waals surface area contributed by atoms with Crippen LogP contribution in [-0.4, -0.2) is 7.11 Å². The van der Waals surface area contributed by atoms with E-state index >= 15 is 0 Å². The Hall–Kier alpha value is -4.46. The van der Waals surface area contributed by atoms with Crippen molar-refractivity contribution in [2.75, 3.05) is 7.11 Å². The van der Waals surface area contributed by atoms with Gasteiger partial charge in [-0.3, -0.25) is 0 Å². The molecule has 0 atom stereocenters. The molecule has 5 aromatic rings. The maximum atomic E-state index is 5.19. The number of rotatable bonds is 2. The predicted molar refractivity (Wildman–Crippen MR) is 134 cm³/mol. The lowest BCUT2D eigenvalue weighted by atomic mass is 9.91. The Morgan fingerprint density at radius 2 is 1.22 bits per heavy atom. The van der Waals surface area contributed by atoms with Crippen LogP contribution in [0.5, 0.6) is 5.75 Å². The van der Waals surface area contributed by atoms with Gasteiger partial charge < -0.3 is 4.74 Å². The van der Waals surface area contributed by atoms with E-state index in [-0.39, 0.29) is 0 Å². The Labute approximate surface area is 188 Å². The van der Waals surface area contributed by atoms with E-state index in [0.717, 1.165) is 22.4 Å². The maximum absolute atomic E-state index is 5.19. The van der Waals surface area contributed by atoms with E-state index in [4.69, 9.17) is 4.74 Å². The highest BCUT2D eigenvalue weighted by atomic mass is 16.5. The molecular weight excluding hydrogens is 388 g/mol. The van der Waals surface area contributed by atoms with Crippen molar-refractivity contribution in [3.63, 3.8) is 0 Å². The monoisotopic (exact) mass is 408 g/mol. The van der Waals surface area contributed by atoms with E-state index in [1.54, 1.807) is 7.11 Å². The molecule has 0 unspecified atom stereocenters. The molecule has 0 saturated carbocycles. The lowest BCUT2D eigenvalue weighted by Crippen LogP contribution is -1.88. The molecule has 5 aromatic carbocycles. The molecule has 1 nitrogen and oxygen atoms in total. The largest absolute Gasteiger partial charge is 0.497 e. The van der Waals surface area contributed by atoms with Gasteiger partial charge in [0.2, 0.25) is 0 Å². The standard InChI is InChI=1S/C31H20O/c1-32-26-20-18-23(19-21-26)10-2-3-11-24-12-4-6-14-27(24)31-22-25-13-5-7-15-28(25)29-16-8-9-17-30(29)31/h4-9,12-22H,1H3. The lowest BCUT2D eigenvalue weighted by molar-refractivity contribution is 0.415. The highest BCUT2D eigenvalue weighted by Crippen LogP contribution is 2.36. The van der Waals surface area contributed by atoms with E-state index in [9.17, 15) is 0 Å². The van der Waals surface area contributed by atoms with Gasteiger partial charge in [0.25, 0.3) is 0 Å². The minimum atomic E-state index is 0.818. The molecule has 1 heteroatoms. The normalized spacial score (nSPS) is 10.2. The SMILES string of the molecule is COc1ccc(C#CC#Cc2ccccc2-c2cc3ccccc3c3ccccc23)cc1. The molecule has 0 fully saturated rings. The molecule has 0 aliphatic carbocycles. The van der Waals surface area contributed by atoms with Crippen LogP contribution in [0.15, 0.2) is 103 Å². The summed E-state index contributed by atoms with van der Waals surface area (Å²) in [7, 11) is 1.66. The second-order valence-corrected chi connectivity index (χ2v) is 7.46.